The first-order valence-electron chi connectivity index (χ1n) is 7.06. The van der Waals surface area contributed by atoms with Gasteiger partial charge in [0.15, 0.2) is 0 Å². The van der Waals surface area contributed by atoms with Gasteiger partial charge in [0.05, 0.1) is 0 Å². The summed E-state index contributed by atoms with van der Waals surface area (Å²) in [5, 5.41) is 10.3. The van der Waals surface area contributed by atoms with Gasteiger partial charge in [-0.1, -0.05) is 29.3 Å². The predicted octanol–water partition coefficient (Wildman–Crippen LogP) is 3.73. The van der Waals surface area contributed by atoms with E-state index in [2.05, 4.69) is 21.4 Å². The molecule has 0 aromatic heterocycles. The first-order valence-corrected chi connectivity index (χ1v) is 7.86. The predicted molar refractivity (Wildman–Crippen MR) is 82.1 cm³/mol. The summed E-state index contributed by atoms with van der Waals surface area (Å²) in [4.78, 5) is 12.4. The van der Waals surface area contributed by atoms with Crippen LogP contribution >= 0.6 is 15.9 Å². The van der Waals surface area contributed by atoms with Crippen molar-refractivity contribution in [1.82, 2.24) is 10.4 Å². The standard InChI is InChI=1S/C15H16BrF3N2O2/c1-2-3-4-12-9-14(23,15(17,18)19)21(20-12)13(22)10-5-7-11(16)8-6-10/h5-9,20,23H,2-4H2,1H3/t14-/m0/s1. The third-order valence-electron chi connectivity index (χ3n) is 3.48. The van der Waals surface area contributed by atoms with Crippen molar-refractivity contribution in [3.05, 3.63) is 46.1 Å². The zero-order chi connectivity index (χ0) is 17.3. The third-order valence-corrected chi connectivity index (χ3v) is 4.01. The summed E-state index contributed by atoms with van der Waals surface area (Å²) >= 11 is 3.19. The Morgan fingerprint density at radius 2 is 1.96 bits per heavy atom. The van der Waals surface area contributed by atoms with Crippen molar-refractivity contribution in [1.29, 1.82) is 0 Å². The van der Waals surface area contributed by atoms with Crippen LogP contribution in [0.2, 0.25) is 0 Å². The zero-order valence-corrected chi connectivity index (χ0v) is 13.9. The molecule has 2 rings (SSSR count). The fraction of sp³-hybridized carbons (Fsp3) is 0.400. The number of rotatable bonds is 4. The first kappa shape index (κ1) is 17.8. The molecule has 0 fully saturated rings. The maximum Gasteiger partial charge on any atom is 0.442 e. The molecule has 0 bridgehead atoms. The van der Waals surface area contributed by atoms with E-state index in [1.54, 1.807) is 12.1 Å². The number of allylic oxidation sites excluding steroid dienone is 1. The number of nitrogens with one attached hydrogen (secondary N) is 1. The van der Waals surface area contributed by atoms with Crippen molar-refractivity contribution in [3.8, 4) is 0 Å². The van der Waals surface area contributed by atoms with E-state index in [4.69, 9.17) is 0 Å². The van der Waals surface area contributed by atoms with Crippen LogP contribution in [0.25, 0.3) is 0 Å². The molecule has 1 atom stereocenters. The second kappa shape index (κ2) is 6.52. The number of nitrogens with zero attached hydrogens (tertiary/aromatic N) is 1. The maximum atomic E-state index is 13.3. The Labute approximate surface area is 140 Å². The Kier molecular flexibility index (Phi) is 5.05. The van der Waals surface area contributed by atoms with E-state index in [0.29, 0.717) is 23.4 Å². The minimum absolute atomic E-state index is 0.0357. The summed E-state index contributed by atoms with van der Waals surface area (Å²) in [6.07, 6.45) is -2.60. The number of halogens is 4. The Bertz CT molecular complexity index is 616. The van der Waals surface area contributed by atoms with Gasteiger partial charge in [-0.15, -0.1) is 0 Å². The van der Waals surface area contributed by atoms with Crippen LogP contribution < -0.4 is 5.43 Å². The highest BCUT2D eigenvalue weighted by Gasteiger charge is 2.61. The van der Waals surface area contributed by atoms with Crippen LogP contribution in [0.1, 0.15) is 36.5 Å². The molecule has 1 aromatic rings. The van der Waals surface area contributed by atoms with Crippen molar-refractivity contribution in [2.24, 2.45) is 0 Å². The molecule has 0 spiro atoms. The number of unbranched alkanes of at least 4 members (excludes halogenated alkanes) is 1. The smallest absolute Gasteiger partial charge is 0.359 e. The average molecular weight is 393 g/mol. The Hall–Kier alpha value is -1.54. The summed E-state index contributed by atoms with van der Waals surface area (Å²) in [5.41, 5.74) is -0.748. The molecular formula is C15H16BrF3N2O2. The van der Waals surface area contributed by atoms with E-state index >= 15 is 0 Å². The van der Waals surface area contributed by atoms with E-state index < -0.39 is 17.8 Å². The van der Waals surface area contributed by atoms with Crippen LogP contribution in [0.15, 0.2) is 40.5 Å². The number of carbonyl (C=O) groups excluding carboxylic acids is 1. The number of alkyl halides is 3. The summed E-state index contributed by atoms with van der Waals surface area (Å²) in [6, 6.07) is 5.85. The normalized spacial score (nSPS) is 21.1. The maximum absolute atomic E-state index is 13.3. The van der Waals surface area contributed by atoms with Crippen molar-refractivity contribution in [2.75, 3.05) is 0 Å². The minimum atomic E-state index is -5.01. The van der Waals surface area contributed by atoms with E-state index in [9.17, 15) is 23.1 Å². The van der Waals surface area contributed by atoms with Gasteiger partial charge in [0.25, 0.3) is 11.6 Å². The van der Waals surface area contributed by atoms with Gasteiger partial charge in [-0.25, -0.2) is 5.01 Å². The second-order valence-corrected chi connectivity index (χ2v) is 6.17. The number of hydrazine groups is 1. The average Bonchev–Trinajstić information content (AvgIpc) is 2.83. The molecule has 4 nitrogen and oxygen atoms in total. The molecule has 1 aliphatic rings. The van der Waals surface area contributed by atoms with Gasteiger partial charge in [0, 0.05) is 15.7 Å². The van der Waals surface area contributed by atoms with Gasteiger partial charge in [-0.2, -0.15) is 13.2 Å². The van der Waals surface area contributed by atoms with Crippen LogP contribution in [0.5, 0.6) is 0 Å². The molecule has 1 aliphatic heterocycles. The highest BCUT2D eigenvalue weighted by molar-refractivity contribution is 9.10. The van der Waals surface area contributed by atoms with Gasteiger partial charge in [-0.05, 0) is 43.2 Å². The molecule has 0 radical (unpaired) electrons. The lowest BCUT2D eigenvalue weighted by molar-refractivity contribution is -0.283. The minimum Gasteiger partial charge on any atom is -0.359 e. The number of carbonyl (C=O) groups is 1. The van der Waals surface area contributed by atoms with E-state index in [1.165, 1.54) is 12.1 Å². The molecule has 2 N–H and O–H groups in total. The molecule has 23 heavy (non-hydrogen) atoms. The lowest BCUT2D eigenvalue weighted by Gasteiger charge is -2.33. The molecule has 1 heterocycles. The highest BCUT2D eigenvalue weighted by Crippen LogP contribution is 2.39. The highest BCUT2D eigenvalue weighted by atomic mass is 79.9. The molecule has 1 amide bonds. The lowest BCUT2D eigenvalue weighted by atomic mass is 10.1. The zero-order valence-electron chi connectivity index (χ0n) is 12.3. The van der Waals surface area contributed by atoms with Gasteiger partial charge in [0.2, 0.25) is 0 Å². The number of aliphatic hydroxyl groups is 1. The van der Waals surface area contributed by atoms with E-state index in [1.807, 2.05) is 6.92 Å². The Morgan fingerprint density at radius 3 is 2.48 bits per heavy atom. The fourth-order valence-corrected chi connectivity index (χ4v) is 2.46. The van der Waals surface area contributed by atoms with Gasteiger partial charge >= 0.3 is 6.18 Å². The van der Waals surface area contributed by atoms with Crippen LogP contribution in [0, 0.1) is 0 Å². The SMILES string of the molecule is CCCCC1=C[C@](O)(C(F)(F)F)N(C(=O)c2ccc(Br)cc2)N1. The Morgan fingerprint density at radius 1 is 1.35 bits per heavy atom. The van der Waals surface area contributed by atoms with Crippen LogP contribution in [-0.2, 0) is 0 Å². The second-order valence-electron chi connectivity index (χ2n) is 5.26. The largest absolute Gasteiger partial charge is 0.442 e. The molecule has 126 valence electrons. The van der Waals surface area contributed by atoms with Gasteiger partial charge in [-0.3, -0.25) is 10.2 Å². The molecule has 0 unspecified atom stereocenters. The quantitative estimate of drug-likeness (QED) is 0.820. The number of benzene rings is 1. The van der Waals surface area contributed by atoms with Crippen molar-refractivity contribution < 1.29 is 23.1 Å². The molecule has 0 aliphatic carbocycles. The van der Waals surface area contributed by atoms with Crippen molar-refractivity contribution >= 4 is 21.8 Å². The summed E-state index contributed by atoms with van der Waals surface area (Å²) in [5.74, 6) is -0.958. The molecule has 8 heteroatoms. The van der Waals surface area contributed by atoms with Crippen LogP contribution in [-0.4, -0.2) is 27.9 Å². The monoisotopic (exact) mass is 392 g/mol. The molecule has 0 saturated carbocycles. The number of amides is 1. The molecular weight excluding hydrogens is 377 g/mol. The Balaban J connectivity index is 2.32. The van der Waals surface area contributed by atoms with E-state index in [-0.39, 0.29) is 16.3 Å². The fourth-order valence-electron chi connectivity index (χ4n) is 2.20. The number of hydrogen-bond donors (Lipinski definition) is 2. The van der Waals surface area contributed by atoms with Crippen LogP contribution in [0.4, 0.5) is 13.2 Å². The molecule has 0 saturated heterocycles. The van der Waals surface area contributed by atoms with Crippen molar-refractivity contribution in [3.63, 3.8) is 0 Å². The summed E-state index contributed by atoms with van der Waals surface area (Å²) in [6.45, 7) is 1.90. The lowest BCUT2D eigenvalue weighted by Crippen LogP contribution is -2.60. The summed E-state index contributed by atoms with van der Waals surface area (Å²) in [7, 11) is 0. The van der Waals surface area contributed by atoms with Crippen LogP contribution in [0.3, 0.4) is 0 Å². The van der Waals surface area contributed by atoms with Crippen molar-refractivity contribution in [2.45, 2.75) is 38.1 Å². The number of hydrogen-bond acceptors (Lipinski definition) is 3. The summed E-state index contributed by atoms with van der Waals surface area (Å²) < 4.78 is 40.6. The van der Waals surface area contributed by atoms with E-state index in [0.717, 1.165) is 6.42 Å². The molecule has 1 aromatic carbocycles. The topological polar surface area (TPSA) is 52.6 Å². The third kappa shape index (κ3) is 3.53. The first-order chi connectivity index (χ1) is 10.7. The van der Waals surface area contributed by atoms with Gasteiger partial charge in [0.1, 0.15) is 0 Å². The van der Waals surface area contributed by atoms with Gasteiger partial charge < -0.3 is 5.11 Å².